The molecule has 0 saturated carbocycles. The van der Waals surface area contributed by atoms with Crippen LogP contribution in [-0.4, -0.2) is 53.4 Å². The number of rotatable bonds is 4. The first-order chi connectivity index (χ1) is 13.7. The number of ether oxygens (including phenoxy) is 1. The zero-order valence-corrected chi connectivity index (χ0v) is 19.7. The lowest BCUT2D eigenvalue weighted by Crippen LogP contribution is -2.48. The first-order valence-corrected chi connectivity index (χ1v) is 10.5. The predicted octanol–water partition coefficient (Wildman–Crippen LogP) is 3.50. The van der Waals surface area contributed by atoms with Gasteiger partial charge in [-0.1, -0.05) is 24.3 Å². The summed E-state index contributed by atoms with van der Waals surface area (Å²) >= 11 is 0. The number of hydrogen-bond donors (Lipinski definition) is 1. The van der Waals surface area contributed by atoms with Gasteiger partial charge in [0.15, 0.2) is 5.96 Å². The molecule has 4 rings (SSSR count). The van der Waals surface area contributed by atoms with E-state index in [0.29, 0.717) is 12.5 Å². The third-order valence-electron chi connectivity index (χ3n) is 5.75. The molecule has 0 amide bonds. The van der Waals surface area contributed by atoms with Crippen LogP contribution in [-0.2, 0) is 18.2 Å². The van der Waals surface area contributed by atoms with Gasteiger partial charge in [-0.25, -0.2) is 0 Å². The minimum absolute atomic E-state index is 0. The van der Waals surface area contributed by atoms with E-state index < -0.39 is 0 Å². The number of aromatic nitrogens is 2. The number of benzene rings is 1. The fourth-order valence-corrected chi connectivity index (χ4v) is 4.32. The molecule has 2 heterocycles. The number of aryl methyl sites for hydroxylation is 2. The summed E-state index contributed by atoms with van der Waals surface area (Å²) in [7, 11) is 1.94. The second-order valence-corrected chi connectivity index (χ2v) is 7.74. The minimum atomic E-state index is 0. The topological polar surface area (TPSA) is 54.7 Å². The molecule has 1 aliphatic carbocycles. The van der Waals surface area contributed by atoms with Gasteiger partial charge in [0.1, 0.15) is 6.10 Å². The van der Waals surface area contributed by atoms with Crippen molar-refractivity contribution in [3.05, 3.63) is 53.3 Å². The molecule has 29 heavy (non-hydrogen) atoms. The highest BCUT2D eigenvalue weighted by atomic mass is 127. The van der Waals surface area contributed by atoms with Crippen molar-refractivity contribution in [2.75, 3.05) is 32.8 Å². The Morgan fingerprint density at radius 1 is 1.34 bits per heavy atom. The standard InChI is InChI=1S/C22H31N5O.HI/c1-3-23-22(24-13-18-9-6-8-17-7-4-5-10-20(17)18)27-11-12-28-21(16-27)19-14-25-26(2)15-19;/h4-5,7,10,14-15,18,21H,3,6,8-9,11-13,16H2,1-2H3,(H,23,24);1H. The lowest BCUT2D eigenvalue weighted by atomic mass is 9.83. The number of nitrogens with one attached hydrogen (secondary N) is 1. The summed E-state index contributed by atoms with van der Waals surface area (Å²) in [5.74, 6) is 1.52. The number of nitrogens with zero attached hydrogens (tertiary/aromatic N) is 4. The average Bonchev–Trinajstić information content (AvgIpc) is 3.17. The minimum Gasteiger partial charge on any atom is -0.370 e. The summed E-state index contributed by atoms with van der Waals surface area (Å²) in [6.45, 7) is 6.21. The number of hydrogen-bond acceptors (Lipinski definition) is 3. The van der Waals surface area contributed by atoms with Crippen LogP contribution in [0.1, 0.15) is 48.5 Å². The summed E-state index contributed by atoms with van der Waals surface area (Å²) in [5.41, 5.74) is 4.12. The summed E-state index contributed by atoms with van der Waals surface area (Å²) in [4.78, 5) is 7.38. The maximum Gasteiger partial charge on any atom is 0.194 e. The molecule has 1 N–H and O–H groups in total. The van der Waals surface area contributed by atoms with Crippen molar-refractivity contribution in [2.24, 2.45) is 12.0 Å². The normalized spacial score (nSPS) is 22.0. The maximum absolute atomic E-state index is 6.00. The quantitative estimate of drug-likeness (QED) is 0.390. The number of morpholine rings is 1. The van der Waals surface area contributed by atoms with Gasteiger partial charge in [-0.15, -0.1) is 24.0 Å². The van der Waals surface area contributed by atoms with Gasteiger partial charge >= 0.3 is 0 Å². The van der Waals surface area contributed by atoms with Gasteiger partial charge in [-0.2, -0.15) is 5.10 Å². The number of aliphatic imine (C=N–C) groups is 1. The van der Waals surface area contributed by atoms with E-state index >= 15 is 0 Å². The van der Waals surface area contributed by atoms with Gasteiger partial charge < -0.3 is 15.0 Å². The number of fused-ring (bicyclic) bond motifs is 1. The number of halogens is 1. The van der Waals surface area contributed by atoms with Crippen molar-refractivity contribution >= 4 is 29.9 Å². The van der Waals surface area contributed by atoms with E-state index in [4.69, 9.17) is 9.73 Å². The lowest BCUT2D eigenvalue weighted by Gasteiger charge is -2.35. The fourth-order valence-electron chi connectivity index (χ4n) is 4.32. The zero-order chi connectivity index (χ0) is 19.3. The van der Waals surface area contributed by atoms with Crippen LogP contribution in [0.2, 0.25) is 0 Å². The molecule has 2 atom stereocenters. The molecule has 0 spiro atoms. The smallest absolute Gasteiger partial charge is 0.194 e. The van der Waals surface area contributed by atoms with Gasteiger partial charge in [0.05, 0.1) is 19.3 Å². The van der Waals surface area contributed by atoms with Gasteiger partial charge in [0.2, 0.25) is 0 Å². The molecular weight excluding hydrogens is 477 g/mol. The van der Waals surface area contributed by atoms with E-state index in [9.17, 15) is 0 Å². The number of guanidine groups is 1. The summed E-state index contributed by atoms with van der Waals surface area (Å²) < 4.78 is 7.83. The first-order valence-electron chi connectivity index (χ1n) is 10.5. The average molecular weight is 509 g/mol. The van der Waals surface area contributed by atoms with Crippen LogP contribution < -0.4 is 5.32 Å². The molecule has 0 radical (unpaired) electrons. The van der Waals surface area contributed by atoms with Crippen molar-refractivity contribution in [2.45, 2.75) is 38.2 Å². The van der Waals surface area contributed by atoms with E-state index in [1.807, 2.05) is 24.1 Å². The molecule has 1 aromatic carbocycles. The Morgan fingerprint density at radius 3 is 3.00 bits per heavy atom. The van der Waals surface area contributed by atoms with E-state index in [1.54, 1.807) is 0 Å². The molecule has 7 heteroatoms. The summed E-state index contributed by atoms with van der Waals surface area (Å²) in [6, 6.07) is 8.87. The van der Waals surface area contributed by atoms with E-state index in [0.717, 1.165) is 37.7 Å². The van der Waals surface area contributed by atoms with Crippen LogP contribution in [0.4, 0.5) is 0 Å². The molecule has 1 fully saturated rings. The van der Waals surface area contributed by atoms with Gasteiger partial charge in [-0.3, -0.25) is 9.67 Å². The van der Waals surface area contributed by atoms with Crippen LogP contribution in [0.15, 0.2) is 41.7 Å². The Labute approximate surface area is 190 Å². The van der Waals surface area contributed by atoms with E-state index in [2.05, 4.69) is 46.5 Å². The second-order valence-electron chi connectivity index (χ2n) is 7.74. The molecule has 1 aromatic heterocycles. The molecule has 6 nitrogen and oxygen atoms in total. The third kappa shape index (κ3) is 5.31. The summed E-state index contributed by atoms with van der Waals surface area (Å²) in [6.07, 6.45) is 7.67. The third-order valence-corrected chi connectivity index (χ3v) is 5.75. The molecule has 2 unspecified atom stereocenters. The maximum atomic E-state index is 6.00. The van der Waals surface area contributed by atoms with Gasteiger partial charge in [0.25, 0.3) is 0 Å². The second kappa shape index (κ2) is 10.4. The Hall–Kier alpha value is -1.61. The largest absolute Gasteiger partial charge is 0.370 e. The molecule has 2 aromatic rings. The van der Waals surface area contributed by atoms with Crippen molar-refractivity contribution < 1.29 is 4.74 Å². The Kier molecular flexibility index (Phi) is 7.94. The fraction of sp³-hybridized carbons (Fsp3) is 0.545. The van der Waals surface area contributed by atoms with E-state index in [-0.39, 0.29) is 30.1 Å². The molecular formula is C22H32IN5O. The highest BCUT2D eigenvalue weighted by Crippen LogP contribution is 2.31. The Morgan fingerprint density at radius 2 is 2.21 bits per heavy atom. The molecule has 1 aliphatic heterocycles. The highest BCUT2D eigenvalue weighted by Gasteiger charge is 2.26. The summed E-state index contributed by atoms with van der Waals surface area (Å²) in [5, 5.41) is 7.78. The van der Waals surface area contributed by atoms with Crippen LogP contribution >= 0.6 is 24.0 Å². The van der Waals surface area contributed by atoms with Gasteiger partial charge in [0, 0.05) is 44.4 Å². The van der Waals surface area contributed by atoms with Crippen molar-refractivity contribution in [1.29, 1.82) is 0 Å². The molecule has 0 bridgehead atoms. The predicted molar refractivity (Wildman–Crippen MR) is 127 cm³/mol. The zero-order valence-electron chi connectivity index (χ0n) is 17.4. The molecule has 158 valence electrons. The first kappa shape index (κ1) is 22.1. The van der Waals surface area contributed by atoms with Crippen LogP contribution in [0.25, 0.3) is 0 Å². The SMILES string of the molecule is CCNC(=NCC1CCCc2ccccc21)N1CCOC(c2cnn(C)c2)C1.I. The van der Waals surface area contributed by atoms with Crippen LogP contribution in [0, 0.1) is 0 Å². The van der Waals surface area contributed by atoms with Gasteiger partial charge in [-0.05, 0) is 37.3 Å². The molecule has 2 aliphatic rings. The lowest BCUT2D eigenvalue weighted by molar-refractivity contribution is -0.00805. The Balaban J connectivity index is 0.00000240. The van der Waals surface area contributed by atoms with E-state index in [1.165, 1.54) is 30.4 Å². The van der Waals surface area contributed by atoms with Crippen molar-refractivity contribution in [3.8, 4) is 0 Å². The Bertz CT molecular complexity index is 821. The monoisotopic (exact) mass is 509 g/mol. The van der Waals surface area contributed by atoms with Crippen LogP contribution in [0.5, 0.6) is 0 Å². The highest BCUT2D eigenvalue weighted by molar-refractivity contribution is 14.0. The van der Waals surface area contributed by atoms with Crippen LogP contribution in [0.3, 0.4) is 0 Å². The van der Waals surface area contributed by atoms with Crippen molar-refractivity contribution in [1.82, 2.24) is 20.0 Å². The van der Waals surface area contributed by atoms with Crippen molar-refractivity contribution in [3.63, 3.8) is 0 Å². The molecule has 1 saturated heterocycles.